The molecule has 0 amide bonds. The van der Waals surface area contributed by atoms with Crippen LogP contribution in [0.25, 0.3) is 0 Å². The Labute approximate surface area is 174 Å². The highest BCUT2D eigenvalue weighted by Gasteiger charge is 2.28. The number of benzene rings is 2. The number of anilines is 1. The highest BCUT2D eigenvalue weighted by atomic mass is 32.2. The molecule has 1 aliphatic rings. The molecule has 0 saturated carbocycles. The predicted molar refractivity (Wildman–Crippen MR) is 116 cm³/mol. The first-order chi connectivity index (χ1) is 13.8. The van der Waals surface area contributed by atoms with Crippen LogP contribution < -0.4 is 14.5 Å². The van der Waals surface area contributed by atoms with Crippen molar-refractivity contribution in [3.8, 4) is 0 Å². The number of morpholine rings is 1. The smallest absolute Gasteiger partial charge is 0.241 e. The van der Waals surface area contributed by atoms with E-state index in [4.69, 9.17) is 4.74 Å². The molecule has 1 saturated heterocycles. The minimum Gasteiger partial charge on any atom is -0.378 e. The maximum Gasteiger partial charge on any atom is 0.241 e. The second kappa shape index (κ2) is 9.26. The van der Waals surface area contributed by atoms with Gasteiger partial charge in [-0.15, -0.1) is 0 Å². The van der Waals surface area contributed by atoms with Crippen molar-refractivity contribution in [2.45, 2.75) is 24.8 Å². The summed E-state index contributed by atoms with van der Waals surface area (Å²) in [6.45, 7) is 7.29. The summed E-state index contributed by atoms with van der Waals surface area (Å²) in [5.74, 6) is 0. The second-order valence-corrected chi connectivity index (χ2v) is 9.67. The van der Waals surface area contributed by atoms with Gasteiger partial charge in [-0.05, 0) is 37.6 Å². The number of nitrogens with zero attached hydrogens (tertiary/aromatic N) is 1. The SMILES string of the molecule is Cc1ccc(S(=O)(=O)NC[C@@H](c2ccc(N(C)C)cc2)[NH+]2CCOCC2)c(C)c1. The quantitative estimate of drug-likeness (QED) is 0.712. The molecule has 0 radical (unpaired) electrons. The van der Waals surface area contributed by atoms with E-state index in [0.717, 1.165) is 35.5 Å². The molecule has 2 aromatic rings. The number of nitrogens with one attached hydrogen (secondary N) is 2. The molecule has 2 N–H and O–H groups in total. The molecule has 29 heavy (non-hydrogen) atoms. The zero-order valence-electron chi connectivity index (χ0n) is 17.7. The minimum atomic E-state index is -3.57. The summed E-state index contributed by atoms with van der Waals surface area (Å²) in [6.07, 6.45) is 0. The van der Waals surface area contributed by atoms with Crippen LogP contribution in [0, 0.1) is 13.8 Å². The van der Waals surface area contributed by atoms with Gasteiger partial charge in [0.15, 0.2) is 0 Å². The monoisotopic (exact) mass is 418 g/mol. The number of hydrogen-bond donors (Lipinski definition) is 2. The Morgan fingerprint density at radius 3 is 2.31 bits per heavy atom. The van der Waals surface area contributed by atoms with E-state index in [1.807, 2.05) is 40.1 Å². The van der Waals surface area contributed by atoms with Crippen molar-refractivity contribution < 1.29 is 18.1 Å². The number of aryl methyl sites for hydroxylation is 2. The fourth-order valence-corrected chi connectivity index (χ4v) is 5.13. The van der Waals surface area contributed by atoms with Crippen LogP contribution in [0.5, 0.6) is 0 Å². The van der Waals surface area contributed by atoms with Crippen LogP contribution in [0.3, 0.4) is 0 Å². The van der Waals surface area contributed by atoms with Crippen LogP contribution in [0.4, 0.5) is 5.69 Å². The highest BCUT2D eigenvalue weighted by molar-refractivity contribution is 7.89. The Bertz CT molecular complexity index is 921. The minimum absolute atomic E-state index is 0.0376. The Hall–Kier alpha value is -1.93. The standard InChI is InChI=1S/C22H31N3O3S/c1-17-5-10-22(18(2)15-17)29(26,27)23-16-21(25-11-13-28-14-12-25)19-6-8-20(9-7-19)24(3)4/h5-10,15,21,23H,11-14,16H2,1-4H3/p+1/t21-/m0/s1. The number of quaternary nitrogens is 1. The van der Waals surface area contributed by atoms with Gasteiger partial charge in [-0.2, -0.15) is 0 Å². The summed E-state index contributed by atoms with van der Waals surface area (Å²) in [4.78, 5) is 3.75. The molecule has 1 atom stereocenters. The van der Waals surface area contributed by atoms with E-state index < -0.39 is 10.0 Å². The van der Waals surface area contributed by atoms with E-state index in [1.54, 1.807) is 6.07 Å². The lowest BCUT2D eigenvalue weighted by Gasteiger charge is -2.32. The summed E-state index contributed by atoms with van der Waals surface area (Å²) in [5, 5.41) is 0. The molecule has 7 heteroatoms. The van der Waals surface area contributed by atoms with Crippen molar-refractivity contribution in [2.75, 3.05) is 51.8 Å². The Morgan fingerprint density at radius 2 is 1.72 bits per heavy atom. The molecule has 0 aromatic heterocycles. The lowest BCUT2D eigenvalue weighted by atomic mass is 10.0. The average Bonchev–Trinajstić information content (AvgIpc) is 2.69. The van der Waals surface area contributed by atoms with Gasteiger partial charge < -0.3 is 14.5 Å². The summed E-state index contributed by atoms with van der Waals surface area (Å²) in [7, 11) is 0.449. The van der Waals surface area contributed by atoms with E-state index in [-0.39, 0.29) is 6.04 Å². The van der Waals surface area contributed by atoms with Crippen LogP contribution in [-0.2, 0) is 14.8 Å². The molecule has 1 heterocycles. The summed E-state index contributed by atoms with van der Waals surface area (Å²) >= 11 is 0. The molecule has 2 aromatic carbocycles. The highest BCUT2D eigenvalue weighted by Crippen LogP contribution is 2.19. The molecule has 0 spiro atoms. The maximum absolute atomic E-state index is 13.0. The van der Waals surface area contributed by atoms with E-state index >= 15 is 0 Å². The topological polar surface area (TPSA) is 63.1 Å². The lowest BCUT2D eigenvalue weighted by Crippen LogP contribution is -3.15. The van der Waals surface area contributed by atoms with Crippen LogP contribution in [0.1, 0.15) is 22.7 Å². The third kappa shape index (κ3) is 5.36. The summed E-state index contributed by atoms with van der Waals surface area (Å²) in [5.41, 5.74) is 4.08. The predicted octanol–water partition coefficient (Wildman–Crippen LogP) is 1.30. The zero-order valence-corrected chi connectivity index (χ0v) is 18.6. The Balaban J connectivity index is 1.82. The third-order valence-electron chi connectivity index (χ3n) is 5.54. The first kappa shape index (κ1) is 21.8. The zero-order chi connectivity index (χ0) is 21.0. The van der Waals surface area contributed by atoms with Crippen molar-refractivity contribution in [3.05, 3.63) is 59.2 Å². The van der Waals surface area contributed by atoms with Crippen molar-refractivity contribution in [1.29, 1.82) is 0 Å². The van der Waals surface area contributed by atoms with Crippen molar-refractivity contribution in [3.63, 3.8) is 0 Å². The summed E-state index contributed by atoms with van der Waals surface area (Å²) in [6, 6.07) is 13.8. The van der Waals surface area contributed by atoms with Gasteiger partial charge in [0.1, 0.15) is 19.1 Å². The average molecular weight is 419 g/mol. The molecule has 3 rings (SSSR count). The maximum atomic E-state index is 13.0. The number of hydrogen-bond acceptors (Lipinski definition) is 4. The van der Waals surface area contributed by atoms with Gasteiger partial charge in [0, 0.05) is 25.3 Å². The van der Waals surface area contributed by atoms with Crippen LogP contribution in [0.2, 0.25) is 0 Å². The molecule has 158 valence electrons. The van der Waals surface area contributed by atoms with Gasteiger partial charge >= 0.3 is 0 Å². The molecule has 1 aliphatic heterocycles. The Kier molecular flexibility index (Phi) is 6.95. The van der Waals surface area contributed by atoms with Gasteiger partial charge in [0.2, 0.25) is 10.0 Å². The van der Waals surface area contributed by atoms with Gasteiger partial charge in [-0.25, -0.2) is 13.1 Å². The Morgan fingerprint density at radius 1 is 1.07 bits per heavy atom. The fourth-order valence-electron chi connectivity index (χ4n) is 3.86. The van der Waals surface area contributed by atoms with Gasteiger partial charge in [0.05, 0.1) is 24.7 Å². The van der Waals surface area contributed by atoms with Crippen molar-refractivity contribution >= 4 is 15.7 Å². The second-order valence-electron chi connectivity index (χ2n) is 7.93. The van der Waals surface area contributed by atoms with Crippen LogP contribution in [0.15, 0.2) is 47.4 Å². The normalized spacial score (nSPS) is 16.6. The molecule has 1 fully saturated rings. The van der Waals surface area contributed by atoms with Gasteiger partial charge in [0.25, 0.3) is 0 Å². The van der Waals surface area contributed by atoms with Crippen LogP contribution in [-0.4, -0.2) is 55.4 Å². The molecular weight excluding hydrogens is 386 g/mol. The number of rotatable bonds is 7. The molecular formula is C22H32N3O3S+. The fraction of sp³-hybridized carbons (Fsp3) is 0.455. The molecule has 6 nitrogen and oxygen atoms in total. The largest absolute Gasteiger partial charge is 0.378 e. The number of ether oxygens (including phenoxy) is 1. The third-order valence-corrected chi connectivity index (χ3v) is 7.12. The van der Waals surface area contributed by atoms with Crippen LogP contribution >= 0.6 is 0 Å². The molecule has 0 bridgehead atoms. The van der Waals surface area contributed by atoms with E-state index in [0.29, 0.717) is 24.7 Å². The molecule has 0 unspecified atom stereocenters. The first-order valence-electron chi connectivity index (χ1n) is 10.0. The van der Waals surface area contributed by atoms with E-state index in [9.17, 15) is 8.42 Å². The number of sulfonamides is 1. The first-order valence-corrected chi connectivity index (χ1v) is 11.5. The van der Waals surface area contributed by atoms with Crippen molar-refractivity contribution in [1.82, 2.24) is 4.72 Å². The van der Waals surface area contributed by atoms with Crippen molar-refractivity contribution in [2.24, 2.45) is 0 Å². The van der Waals surface area contributed by atoms with E-state index in [2.05, 4.69) is 33.9 Å². The summed E-state index contributed by atoms with van der Waals surface area (Å²) < 4.78 is 34.3. The van der Waals surface area contributed by atoms with Gasteiger partial charge in [-0.3, -0.25) is 0 Å². The lowest BCUT2D eigenvalue weighted by molar-refractivity contribution is -0.937. The molecule has 0 aliphatic carbocycles. The van der Waals surface area contributed by atoms with Gasteiger partial charge in [-0.1, -0.05) is 29.8 Å². The van der Waals surface area contributed by atoms with E-state index in [1.165, 1.54) is 4.90 Å².